The van der Waals surface area contributed by atoms with Crippen LogP contribution in [0.4, 0.5) is 20.4 Å². The second-order valence-electron chi connectivity index (χ2n) is 8.25. The van der Waals surface area contributed by atoms with Crippen molar-refractivity contribution in [1.82, 2.24) is 19.5 Å². The molecular formula is C27H23F2N5O. The van der Waals surface area contributed by atoms with Gasteiger partial charge in [-0.05, 0) is 47.5 Å². The lowest BCUT2D eigenvalue weighted by Gasteiger charge is -2.18. The van der Waals surface area contributed by atoms with Crippen molar-refractivity contribution in [3.8, 4) is 16.9 Å². The molecule has 6 nitrogen and oxygen atoms in total. The van der Waals surface area contributed by atoms with Crippen molar-refractivity contribution < 1.29 is 13.5 Å². The zero-order chi connectivity index (χ0) is 24.4. The summed E-state index contributed by atoms with van der Waals surface area (Å²) < 4.78 is 35.9. The molecule has 0 saturated heterocycles. The van der Waals surface area contributed by atoms with Crippen LogP contribution in [0.3, 0.4) is 0 Å². The Morgan fingerprint density at radius 2 is 1.69 bits per heavy atom. The standard InChI is InChI=1S/C27H23F2N5O/c1-27(28,29)23-6-4-3-5-19(23)16-34-25-12-7-18(20-14-30-17-31-15-20)13-24(25)33-26(34)32-21-8-10-22(35-2)11-9-21/h3-15,17H,16H2,1-2H3,(H,32,33). The topological polar surface area (TPSA) is 64.9 Å². The van der Waals surface area contributed by atoms with Gasteiger partial charge in [0, 0.05) is 36.1 Å². The number of aromatic nitrogens is 4. The predicted molar refractivity (Wildman–Crippen MR) is 132 cm³/mol. The van der Waals surface area contributed by atoms with Gasteiger partial charge in [-0.15, -0.1) is 0 Å². The number of nitrogens with one attached hydrogen (secondary N) is 1. The van der Waals surface area contributed by atoms with E-state index < -0.39 is 5.92 Å². The number of anilines is 2. The first-order valence-corrected chi connectivity index (χ1v) is 11.1. The second-order valence-corrected chi connectivity index (χ2v) is 8.25. The molecule has 0 spiro atoms. The molecule has 176 valence electrons. The van der Waals surface area contributed by atoms with Gasteiger partial charge in [0.05, 0.1) is 24.7 Å². The zero-order valence-corrected chi connectivity index (χ0v) is 19.2. The van der Waals surface area contributed by atoms with Gasteiger partial charge in [-0.25, -0.2) is 23.7 Å². The van der Waals surface area contributed by atoms with Crippen molar-refractivity contribution in [2.45, 2.75) is 19.4 Å². The highest BCUT2D eigenvalue weighted by molar-refractivity contribution is 5.85. The second kappa shape index (κ2) is 9.13. The Balaban J connectivity index is 1.61. The maximum atomic E-state index is 14.4. The molecule has 0 radical (unpaired) electrons. The van der Waals surface area contributed by atoms with Gasteiger partial charge in [0.25, 0.3) is 5.92 Å². The van der Waals surface area contributed by atoms with Gasteiger partial charge in [0.15, 0.2) is 0 Å². The SMILES string of the molecule is COc1ccc(Nc2nc3cc(-c4cncnc4)ccc3n2Cc2ccccc2C(C)(F)F)cc1. The Kier molecular flexibility index (Phi) is 5.86. The van der Waals surface area contributed by atoms with E-state index >= 15 is 0 Å². The number of hydrogen-bond donors (Lipinski definition) is 1. The van der Waals surface area contributed by atoms with Crippen LogP contribution in [0.2, 0.25) is 0 Å². The molecule has 0 amide bonds. The molecule has 0 saturated carbocycles. The van der Waals surface area contributed by atoms with Gasteiger partial charge in [0.2, 0.25) is 5.95 Å². The number of halogens is 2. The van der Waals surface area contributed by atoms with Crippen LogP contribution in [0, 0.1) is 0 Å². The van der Waals surface area contributed by atoms with Crippen molar-refractivity contribution in [3.63, 3.8) is 0 Å². The molecule has 5 rings (SSSR count). The number of methoxy groups -OCH3 is 1. The van der Waals surface area contributed by atoms with Crippen molar-refractivity contribution >= 4 is 22.7 Å². The molecule has 0 aliphatic heterocycles. The largest absolute Gasteiger partial charge is 0.497 e. The Labute approximate surface area is 201 Å². The summed E-state index contributed by atoms with van der Waals surface area (Å²) in [5.41, 5.74) is 4.64. The number of hydrogen-bond acceptors (Lipinski definition) is 5. The summed E-state index contributed by atoms with van der Waals surface area (Å²) in [6.07, 6.45) is 4.96. The van der Waals surface area contributed by atoms with E-state index in [1.54, 1.807) is 37.7 Å². The van der Waals surface area contributed by atoms with E-state index in [9.17, 15) is 8.78 Å². The van der Waals surface area contributed by atoms with Gasteiger partial charge >= 0.3 is 0 Å². The molecule has 0 aliphatic rings. The van der Waals surface area contributed by atoms with Crippen LogP contribution in [0.5, 0.6) is 5.75 Å². The summed E-state index contributed by atoms with van der Waals surface area (Å²) in [6.45, 7) is 1.14. The monoisotopic (exact) mass is 471 g/mol. The molecule has 2 heterocycles. The molecule has 0 unspecified atom stereocenters. The van der Waals surface area contributed by atoms with Crippen LogP contribution >= 0.6 is 0 Å². The first-order chi connectivity index (χ1) is 16.9. The summed E-state index contributed by atoms with van der Waals surface area (Å²) in [5, 5.41) is 3.34. The minimum Gasteiger partial charge on any atom is -0.497 e. The quantitative estimate of drug-likeness (QED) is 0.297. The Morgan fingerprint density at radius 3 is 2.40 bits per heavy atom. The molecule has 0 bridgehead atoms. The summed E-state index contributed by atoms with van der Waals surface area (Å²) in [4.78, 5) is 13.0. The van der Waals surface area contributed by atoms with E-state index in [0.29, 0.717) is 11.5 Å². The average molecular weight is 472 g/mol. The minimum absolute atomic E-state index is 0.00435. The smallest absolute Gasteiger partial charge is 0.270 e. The molecule has 0 atom stereocenters. The third kappa shape index (κ3) is 4.68. The average Bonchev–Trinajstić information content (AvgIpc) is 3.20. The van der Waals surface area contributed by atoms with Crippen LogP contribution in [0.25, 0.3) is 22.2 Å². The Bertz CT molecular complexity index is 1460. The normalized spacial score (nSPS) is 11.5. The number of benzene rings is 3. The number of rotatable bonds is 7. The first kappa shape index (κ1) is 22.5. The zero-order valence-electron chi connectivity index (χ0n) is 19.2. The fraction of sp³-hybridized carbons (Fsp3) is 0.148. The van der Waals surface area contributed by atoms with E-state index in [1.807, 2.05) is 47.0 Å². The minimum atomic E-state index is -2.96. The molecule has 2 aromatic heterocycles. The van der Waals surface area contributed by atoms with Gasteiger partial charge in [0.1, 0.15) is 12.1 Å². The lowest BCUT2D eigenvalue weighted by Crippen LogP contribution is -2.13. The maximum Gasteiger partial charge on any atom is 0.270 e. The van der Waals surface area contributed by atoms with E-state index in [0.717, 1.165) is 40.5 Å². The third-order valence-corrected chi connectivity index (χ3v) is 5.81. The molecule has 8 heteroatoms. The number of alkyl halides is 2. The van der Waals surface area contributed by atoms with Crippen molar-refractivity contribution in [2.24, 2.45) is 0 Å². The van der Waals surface area contributed by atoms with Crippen LogP contribution < -0.4 is 10.1 Å². The molecule has 1 N–H and O–H groups in total. The fourth-order valence-corrected chi connectivity index (χ4v) is 4.07. The first-order valence-electron chi connectivity index (χ1n) is 11.1. The van der Waals surface area contributed by atoms with E-state index in [4.69, 9.17) is 9.72 Å². The molecule has 3 aromatic carbocycles. The van der Waals surface area contributed by atoms with Crippen LogP contribution in [-0.2, 0) is 12.5 Å². The molecule has 0 aliphatic carbocycles. The van der Waals surface area contributed by atoms with Crippen molar-refractivity contribution in [1.29, 1.82) is 0 Å². The summed E-state index contributed by atoms with van der Waals surface area (Å²) in [5.74, 6) is -1.68. The van der Waals surface area contributed by atoms with Crippen LogP contribution in [0.15, 0.2) is 85.5 Å². The number of nitrogens with zero attached hydrogens (tertiary/aromatic N) is 4. The van der Waals surface area contributed by atoms with E-state index in [2.05, 4.69) is 15.3 Å². The Morgan fingerprint density at radius 1 is 0.943 bits per heavy atom. The van der Waals surface area contributed by atoms with E-state index in [-0.39, 0.29) is 12.1 Å². The lowest BCUT2D eigenvalue weighted by molar-refractivity contribution is 0.0165. The maximum absolute atomic E-state index is 14.4. The fourth-order valence-electron chi connectivity index (χ4n) is 4.07. The highest BCUT2D eigenvalue weighted by atomic mass is 19.3. The molecule has 0 fully saturated rings. The molecular weight excluding hydrogens is 448 g/mol. The van der Waals surface area contributed by atoms with Gasteiger partial charge in [-0.2, -0.15) is 0 Å². The summed E-state index contributed by atoms with van der Waals surface area (Å²) in [7, 11) is 1.61. The third-order valence-electron chi connectivity index (χ3n) is 5.81. The lowest BCUT2D eigenvalue weighted by atomic mass is 10.0. The summed E-state index contributed by atoms with van der Waals surface area (Å²) in [6, 6.07) is 19.9. The highest BCUT2D eigenvalue weighted by Gasteiger charge is 2.27. The number of imidazole rings is 1. The Hall–Kier alpha value is -4.33. The van der Waals surface area contributed by atoms with Crippen LogP contribution in [-0.4, -0.2) is 26.6 Å². The van der Waals surface area contributed by atoms with Crippen molar-refractivity contribution in [3.05, 3.63) is 96.6 Å². The van der Waals surface area contributed by atoms with Gasteiger partial charge in [-0.3, -0.25) is 0 Å². The highest BCUT2D eigenvalue weighted by Crippen LogP contribution is 2.33. The van der Waals surface area contributed by atoms with Gasteiger partial charge < -0.3 is 14.6 Å². The molecule has 35 heavy (non-hydrogen) atoms. The summed E-state index contributed by atoms with van der Waals surface area (Å²) >= 11 is 0. The van der Waals surface area contributed by atoms with Crippen molar-refractivity contribution in [2.75, 3.05) is 12.4 Å². The van der Waals surface area contributed by atoms with Gasteiger partial charge in [-0.1, -0.05) is 30.3 Å². The molecule has 5 aromatic rings. The van der Waals surface area contributed by atoms with Crippen LogP contribution in [0.1, 0.15) is 18.1 Å². The predicted octanol–water partition coefficient (Wildman–Crippen LogP) is 6.41. The van der Waals surface area contributed by atoms with E-state index in [1.165, 1.54) is 12.4 Å². The number of fused-ring (bicyclic) bond motifs is 1. The number of ether oxygens (including phenoxy) is 1.